The van der Waals surface area contributed by atoms with Gasteiger partial charge < -0.3 is 5.32 Å². The minimum absolute atomic E-state index is 0.00332. The van der Waals surface area contributed by atoms with E-state index in [-0.39, 0.29) is 17.6 Å². The predicted molar refractivity (Wildman–Crippen MR) is 135 cm³/mol. The van der Waals surface area contributed by atoms with Crippen LogP contribution in [0, 0.1) is 5.82 Å². The normalized spacial score (nSPS) is 18.9. The van der Waals surface area contributed by atoms with Gasteiger partial charge in [0.25, 0.3) is 0 Å². The minimum atomic E-state index is -1.53. The molecule has 4 rings (SSSR count). The van der Waals surface area contributed by atoms with Gasteiger partial charge >= 0.3 is 0 Å². The van der Waals surface area contributed by atoms with Gasteiger partial charge in [-0.15, -0.1) is 0 Å². The maximum Gasteiger partial charge on any atom is 0.248 e. The molecule has 2 aromatic rings. The molecule has 35 heavy (non-hydrogen) atoms. The molecule has 2 aromatic carbocycles. The highest BCUT2D eigenvalue weighted by Crippen LogP contribution is 2.33. The fraction of sp³-hybridized carbons (Fsp3) is 0.440. The molecule has 0 spiro atoms. The van der Waals surface area contributed by atoms with E-state index in [1.54, 1.807) is 41.6 Å². The molecule has 2 N–H and O–H groups in total. The number of rotatable bonds is 9. The van der Waals surface area contributed by atoms with Crippen molar-refractivity contribution in [3.05, 3.63) is 64.9 Å². The number of hydrogen-bond donors (Lipinski definition) is 2. The molecule has 3 atom stereocenters. The van der Waals surface area contributed by atoms with Gasteiger partial charge in [-0.1, -0.05) is 55.1 Å². The minimum Gasteiger partial charge on any atom is -0.351 e. The molecule has 7 nitrogen and oxygen atoms in total. The van der Waals surface area contributed by atoms with E-state index < -0.39 is 35.0 Å². The summed E-state index contributed by atoms with van der Waals surface area (Å²) in [6, 6.07) is 10.3. The number of nitrogens with one attached hydrogen (secondary N) is 2. The second kappa shape index (κ2) is 11.6. The lowest BCUT2D eigenvalue weighted by Crippen LogP contribution is -2.52. The first-order valence-electron chi connectivity index (χ1n) is 11.9. The Morgan fingerprint density at radius 1 is 1.11 bits per heavy atom. The number of amides is 2. The smallest absolute Gasteiger partial charge is 0.248 e. The van der Waals surface area contributed by atoms with Crippen LogP contribution in [-0.2, 0) is 20.8 Å². The molecular weight excluding hydrogens is 491 g/mol. The van der Waals surface area contributed by atoms with E-state index in [0.717, 1.165) is 32.1 Å². The van der Waals surface area contributed by atoms with Gasteiger partial charge in [-0.2, -0.15) is 0 Å². The third-order valence-electron chi connectivity index (χ3n) is 6.27. The molecule has 1 heterocycles. The molecule has 1 aliphatic carbocycles. The molecular formula is C25H30ClFN4O3S. The number of nitrogens with zero attached hydrogens (tertiary/aromatic N) is 2. The predicted octanol–water partition coefficient (Wildman–Crippen LogP) is 3.87. The van der Waals surface area contributed by atoms with Gasteiger partial charge in [0.2, 0.25) is 11.8 Å². The molecule has 2 amide bonds. The maximum absolute atomic E-state index is 14.3. The Kier molecular flexibility index (Phi) is 8.54. The summed E-state index contributed by atoms with van der Waals surface area (Å²) in [5.74, 6) is -1.45. The van der Waals surface area contributed by atoms with Crippen molar-refractivity contribution in [1.82, 2.24) is 14.3 Å². The zero-order valence-corrected chi connectivity index (χ0v) is 21.2. The summed E-state index contributed by atoms with van der Waals surface area (Å²) in [6.07, 6.45) is 4.91. The van der Waals surface area contributed by atoms with E-state index >= 15 is 0 Å². The molecule has 2 fully saturated rings. The molecule has 1 unspecified atom stereocenters. The zero-order valence-electron chi connectivity index (χ0n) is 19.6. The molecule has 1 aliphatic heterocycles. The molecule has 0 aromatic heterocycles. The number of anilines is 1. The lowest BCUT2D eigenvalue weighted by atomic mass is 9.94. The van der Waals surface area contributed by atoms with Gasteiger partial charge in [-0.25, -0.2) is 17.6 Å². The van der Waals surface area contributed by atoms with Crippen molar-refractivity contribution in [1.29, 1.82) is 0 Å². The quantitative estimate of drug-likeness (QED) is 0.492. The molecule has 1 saturated carbocycles. The Morgan fingerprint density at radius 2 is 1.83 bits per heavy atom. The monoisotopic (exact) mass is 520 g/mol. The van der Waals surface area contributed by atoms with Crippen LogP contribution in [0.3, 0.4) is 0 Å². The van der Waals surface area contributed by atoms with Crippen molar-refractivity contribution in [3.63, 3.8) is 0 Å². The van der Waals surface area contributed by atoms with Crippen LogP contribution in [0.15, 0.2) is 48.5 Å². The van der Waals surface area contributed by atoms with Crippen molar-refractivity contribution in [2.24, 2.45) is 0 Å². The van der Waals surface area contributed by atoms with Gasteiger partial charge in [0.15, 0.2) is 11.2 Å². The standard InChI is InChI=1S/C25H30ClFN4O3S/c1-17(29-35(34)30-14-15-30)25(33)31(20-11-7-8-18(27)16-20)23(21-12-5-6-13-22(21)26)24(32)28-19-9-3-2-4-10-19/h5-8,11-13,16-17,19,23,29H,2-4,9-10,14-15H2,1H3,(H,28,32)/t17-,23-,35?/m1/s1. The Bertz CT molecular complexity index is 1090. The first-order chi connectivity index (χ1) is 16.8. The van der Waals surface area contributed by atoms with Crippen LogP contribution in [0.4, 0.5) is 10.1 Å². The highest BCUT2D eigenvalue weighted by atomic mass is 35.5. The fourth-order valence-corrected chi connectivity index (χ4v) is 5.55. The van der Waals surface area contributed by atoms with E-state index in [1.807, 2.05) is 0 Å². The van der Waals surface area contributed by atoms with Crippen LogP contribution in [0.2, 0.25) is 5.02 Å². The average Bonchev–Trinajstić information content (AvgIpc) is 3.69. The highest BCUT2D eigenvalue weighted by Gasteiger charge is 2.38. The lowest BCUT2D eigenvalue weighted by Gasteiger charge is -2.35. The Morgan fingerprint density at radius 3 is 2.49 bits per heavy atom. The summed E-state index contributed by atoms with van der Waals surface area (Å²) in [7, 11) is 0. The van der Waals surface area contributed by atoms with Crippen molar-refractivity contribution >= 4 is 40.3 Å². The first-order valence-corrected chi connectivity index (χ1v) is 13.4. The van der Waals surface area contributed by atoms with Crippen molar-refractivity contribution in [2.75, 3.05) is 18.0 Å². The number of carbonyl (C=O) groups excluding carboxylic acids is 2. The first kappa shape index (κ1) is 25.8. The molecule has 1 saturated heterocycles. The van der Waals surface area contributed by atoms with Crippen LogP contribution in [-0.4, -0.2) is 45.5 Å². The van der Waals surface area contributed by atoms with Crippen LogP contribution >= 0.6 is 11.6 Å². The topological polar surface area (TPSA) is 81.5 Å². The SMILES string of the molecule is C[C@@H](NS(=O)N1CC1)C(=O)N(c1cccc(F)c1)[C@@H](C(=O)NC1CCCCC1)c1ccccc1Cl. The Labute approximate surface area is 212 Å². The molecule has 0 bridgehead atoms. The van der Waals surface area contributed by atoms with E-state index in [1.165, 1.54) is 23.1 Å². The van der Waals surface area contributed by atoms with Gasteiger partial charge in [0.05, 0.1) is 6.04 Å². The van der Waals surface area contributed by atoms with Crippen molar-refractivity contribution < 1.29 is 18.2 Å². The van der Waals surface area contributed by atoms with Gasteiger partial charge in [0.1, 0.15) is 11.9 Å². The summed E-state index contributed by atoms with van der Waals surface area (Å²) in [5.41, 5.74) is 0.643. The second-order valence-electron chi connectivity index (χ2n) is 8.97. The van der Waals surface area contributed by atoms with E-state index in [0.29, 0.717) is 23.7 Å². The Hall–Kier alpha value is -2.33. The molecule has 2 aliphatic rings. The third kappa shape index (κ3) is 6.46. The largest absolute Gasteiger partial charge is 0.351 e. The third-order valence-corrected chi connectivity index (χ3v) is 8.00. The fourth-order valence-electron chi connectivity index (χ4n) is 4.34. The zero-order chi connectivity index (χ0) is 24.9. The molecule has 10 heteroatoms. The summed E-state index contributed by atoms with van der Waals surface area (Å²) < 4.78 is 31.2. The van der Waals surface area contributed by atoms with Crippen LogP contribution in [0.1, 0.15) is 50.6 Å². The van der Waals surface area contributed by atoms with Crippen molar-refractivity contribution in [3.8, 4) is 0 Å². The number of carbonyl (C=O) groups is 2. The second-order valence-corrected chi connectivity index (χ2v) is 10.6. The van der Waals surface area contributed by atoms with Crippen LogP contribution in [0.25, 0.3) is 0 Å². The number of benzene rings is 2. The average molecular weight is 521 g/mol. The number of hydrogen-bond acceptors (Lipinski definition) is 3. The van der Waals surface area contributed by atoms with Crippen LogP contribution < -0.4 is 14.9 Å². The summed E-state index contributed by atoms with van der Waals surface area (Å²) >= 11 is 4.99. The summed E-state index contributed by atoms with van der Waals surface area (Å²) in [4.78, 5) is 28.9. The Balaban J connectivity index is 1.73. The van der Waals surface area contributed by atoms with E-state index in [2.05, 4.69) is 10.0 Å². The summed E-state index contributed by atoms with van der Waals surface area (Å²) in [6.45, 7) is 2.94. The van der Waals surface area contributed by atoms with Crippen LogP contribution in [0.5, 0.6) is 0 Å². The van der Waals surface area contributed by atoms with Gasteiger partial charge in [0, 0.05) is 35.4 Å². The summed E-state index contributed by atoms with van der Waals surface area (Å²) in [5, 5.41) is 3.42. The van der Waals surface area contributed by atoms with Gasteiger partial charge in [-0.3, -0.25) is 14.5 Å². The molecule has 0 radical (unpaired) electrons. The highest BCUT2D eigenvalue weighted by molar-refractivity contribution is 7.80. The van der Waals surface area contributed by atoms with Crippen molar-refractivity contribution in [2.45, 2.75) is 57.2 Å². The maximum atomic E-state index is 14.3. The van der Waals surface area contributed by atoms with E-state index in [4.69, 9.17) is 11.6 Å². The lowest BCUT2D eigenvalue weighted by molar-refractivity contribution is -0.127. The molecule has 188 valence electrons. The van der Waals surface area contributed by atoms with E-state index in [9.17, 15) is 18.2 Å². The van der Waals surface area contributed by atoms with Gasteiger partial charge in [-0.05, 0) is 44.0 Å². The number of halogens is 2.